The highest BCUT2D eigenvalue weighted by atomic mass is 16.6. The fourth-order valence-corrected chi connectivity index (χ4v) is 1.15. The number of esters is 1. The summed E-state index contributed by atoms with van der Waals surface area (Å²) in [6.07, 6.45) is 1.60. The first-order chi connectivity index (χ1) is 4.77. The summed E-state index contributed by atoms with van der Waals surface area (Å²) in [4.78, 5) is 10.8. The van der Waals surface area contributed by atoms with Crippen molar-refractivity contribution in [2.45, 2.75) is 12.6 Å². The fourth-order valence-electron chi connectivity index (χ4n) is 1.15. The standard InChI is InChI=1S/C6H7NO3/c8-5-3-1-2-4(7-5)10-6(3)9/h2-3,5,7-8H,1H2. The van der Waals surface area contributed by atoms with Crippen molar-refractivity contribution in [3.8, 4) is 0 Å². The van der Waals surface area contributed by atoms with Crippen LogP contribution in [0.5, 0.6) is 0 Å². The van der Waals surface area contributed by atoms with Gasteiger partial charge < -0.3 is 15.2 Å². The average Bonchev–Trinajstić information content (AvgIpc) is 1.86. The van der Waals surface area contributed by atoms with Crippen LogP contribution in [0.4, 0.5) is 0 Å². The minimum atomic E-state index is -0.749. The quantitative estimate of drug-likeness (QED) is 0.438. The number of aliphatic hydroxyl groups excluding tert-OH is 1. The van der Waals surface area contributed by atoms with Crippen LogP contribution in [0.3, 0.4) is 0 Å². The summed E-state index contributed by atoms with van der Waals surface area (Å²) in [5.41, 5.74) is 0. The number of hydrogen-bond acceptors (Lipinski definition) is 4. The van der Waals surface area contributed by atoms with Crippen LogP contribution in [-0.4, -0.2) is 17.3 Å². The number of fused-ring (bicyclic) bond motifs is 3. The maximum atomic E-state index is 10.8. The first-order valence-corrected chi connectivity index (χ1v) is 3.14. The number of carbonyl (C=O) groups excluding carboxylic acids is 1. The van der Waals surface area contributed by atoms with Crippen molar-refractivity contribution in [1.82, 2.24) is 5.32 Å². The Hall–Kier alpha value is -1.03. The zero-order valence-electron chi connectivity index (χ0n) is 5.20. The molecule has 0 radical (unpaired) electrons. The molecule has 3 heterocycles. The van der Waals surface area contributed by atoms with Gasteiger partial charge in [0.1, 0.15) is 12.1 Å². The van der Waals surface area contributed by atoms with Crippen LogP contribution in [0.15, 0.2) is 12.0 Å². The lowest BCUT2D eigenvalue weighted by atomic mass is 9.99. The number of rotatable bonds is 0. The molecule has 54 valence electrons. The van der Waals surface area contributed by atoms with E-state index >= 15 is 0 Å². The fraction of sp³-hybridized carbons (Fsp3) is 0.500. The number of allylic oxidation sites excluding steroid dienone is 1. The molecule has 0 aromatic heterocycles. The second-order valence-corrected chi connectivity index (χ2v) is 2.42. The van der Waals surface area contributed by atoms with Crippen LogP contribution in [0.25, 0.3) is 0 Å². The summed E-state index contributed by atoms with van der Waals surface area (Å²) in [6.45, 7) is 0. The predicted octanol–water partition coefficient (Wildman–Crippen LogP) is -0.688. The zero-order chi connectivity index (χ0) is 7.14. The maximum absolute atomic E-state index is 10.8. The predicted molar refractivity (Wildman–Crippen MR) is 31.4 cm³/mol. The first-order valence-electron chi connectivity index (χ1n) is 3.14. The second kappa shape index (κ2) is 1.73. The third-order valence-electron chi connectivity index (χ3n) is 1.74. The SMILES string of the molecule is O=C1OC2=CCC1C(O)N2. The number of aliphatic hydroxyl groups is 1. The minimum Gasteiger partial charge on any atom is -0.410 e. The molecule has 4 heteroatoms. The highest BCUT2D eigenvalue weighted by molar-refractivity contribution is 5.76. The molecule has 1 fully saturated rings. The number of hydrogen-bond donors (Lipinski definition) is 2. The lowest BCUT2D eigenvalue weighted by molar-refractivity contribution is -0.158. The molecular weight excluding hydrogens is 134 g/mol. The van der Waals surface area contributed by atoms with Gasteiger partial charge in [-0.1, -0.05) is 0 Å². The van der Waals surface area contributed by atoms with Gasteiger partial charge in [0.15, 0.2) is 5.88 Å². The molecule has 3 aliphatic rings. The van der Waals surface area contributed by atoms with E-state index in [1.807, 2.05) is 0 Å². The second-order valence-electron chi connectivity index (χ2n) is 2.42. The van der Waals surface area contributed by atoms with E-state index < -0.39 is 12.1 Å². The largest absolute Gasteiger partial charge is 0.410 e. The van der Waals surface area contributed by atoms with E-state index in [9.17, 15) is 4.79 Å². The van der Waals surface area contributed by atoms with E-state index in [-0.39, 0.29) is 5.97 Å². The van der Waals surface area contributed by atoms with Gasteiger partial charge in [-0.3, -0.25) is 4.79 Å². The topological polar surface area (TPSA) is 58.6 Å². The summed E-state index contributed by atoms with van der Waals surface area (Å²) in [7, 11) is 0. The van der Waals surface area contributed by atoms with Gasteiger partial charge in [-0.05, 0) is 12.5 Å². The molecule has 4 nitrogen and oxygen atoms in total. The number of carbonyl (C=O) groups is 1. The molecule has 0 aliphatic carbocycles. The van der Waals surface area contributed by atoms with Crippen molar-refractivity contribution in [1.29, 1.82) is 0 Å². The van der Waals surface area contributed by atoms with Gasteiger partial charge in [0.05, 0.1) is 0 Å². The summed E-state index contributed by atoms with van der Waals surface area (Å²) in [5, 5.41) is 11.7. The molecule has 2 atom stereocenters. The Morgan fingerprint density at radius 1 is 1.80 bits per heavy atom. The third-order valence-corrected chi connectivity index (χ3v) is 1.74. The minimum absolute atomic E-state index is 0.330. The summed E-state index contributed by atoms with van der Waals surface area (Å²) in [5.74, 6) is -0.346. The van der Waals surface area contributed by atoms with Crippen LogP contribution in [-0.2, 0) is 9.53 Å². The smallest absolute Gasteiger partial charge is 0.320 e. The van der Waals surface area contributed by atoms with Crippen LogP contribution in [0.2, 0.25) is 0 Å². The Bertz CT molecular complexity index is 211. The van der Waals surface area contributed by atoms with Crippen molar-refractivity contribution in [2.24, 2.45) is 5.92 Å². The number of ether oxygens (including phenoxy) is 1. The third kappa shape index (κ3) is 0.623. The molecule has 0 aromatic rings. The Labute approximate surface area is 57.5 Å². The molecule has 3 aliphatic heterocycles. The zero-order valence-corrected chi connectivity index (χ0v) is 5.20. The van der Waals surface area contributed by atoms with Gasteiger partial charge in [0, 0.05) is 0 Å². The van der Waals surface area contributed by atoms with Crippen molar-refractivity contribution >= 4 is 5.97 Å². The van der Waals surface area contributed by atoms with E-state index in [4.69, 9.17) is 9.84 Å². The van der Waals surface area contributed by atoms with E-state index in [2.05, 4.69) is 5.32 Å². The highest BCUT2D eigenvalue weighted by Gasteiger charge is 2.37. The van der Waals surface area contributed by atoms with E-state index in [1.165, 1.54) is 0 Å². The molecule has 2 bridgehead atoms. The van der Waals surface area contributed by atoms with Crippen LogP contribution >= 0.6 is 0 Å². The summed E-state index contributed by atoms with van der Waals surface area (Å²) < 4.78 is 4.71. The monoisotopic (exact) mass is 141 g/mol. The number of nitrogens with one attached hydrogen (secondary N) is 1. The molecular formula is C6H7NO3. The van der Waals surface area contributed by atoms with Crippen molar-refractivity contribution < 1.29 is 14.6 Å². The Morgan fingerprint density at radius 2 is 2.60 bits per heavy atom. The van der Waals surface area contributed by atoms with Crippen LogP contribution in [0.1, 0.15) is 6.42 Å². The van der Waals surface area contributed by atoms with Gasteiger partial charge in [-0.15, -0.1) is 0 Å². The van der Waals surface area contributed by atoms with Crippen molar-refractivity contribution in [3.05, 3.63) is 12.0 Å². The van der Waals surface area contributed by atoms with E-state index in [0.29, 0.717) is 12.3 Å². The lowest BCUT2D eigenvalue weighted by Gasteiger charge is -2.32. The first kappa shape index (κ1) is 5.73. The van der Waals surface area contributed by atoms with Gasteiger partial charge in [0.2, 0.25) is 0 Å². The van der Waals surface area contributed by atoms with E-state index in [0.717, 1.165) is 0 Å². The van der Waals surface area contributed by atoms with Gasteiger partial charge in [-0.25, -0.2) is 0 Å². The molecule has 1 saturated heterocycles. The molecule has 0 aromatic carbocycles. The molecule has 0 saturated carbocycles. The average molecular weight is 141 g/mol. The molecule has 0 spiro atoms. The highest BCUT2D eigenvalue weighted by Crippen LogP contribution is 2.24. The van der Waals surface area contributed by atoms with E-state index in [1.54, 1.807) is 6.08 Å². The van der Waals surface area contributed by atoms with Gasteiger partial charge >= 0.3 is 5.97 Å². The Morgan fingerprint density at radius 3 is 3.00 bits per heavy atom. The molecule has 3 rings (SSSR count). The summed E-state index contributed by atoms with van der Waals surface area (Å²) >= 11 is 0. The van der Waals surface area contributed by atoms with Gasteiger partial charge in [0.25, 0.3) is 0 Å². The van der Waals surface area contributed by atoms with Crippen LogP contribution < -0.4 is 5.32 Å². The van der Waals surface area contributed by atoms with Crippen molar-refractivity contribution in [2.75, 3.05) is 0 Å². The molecule has 2 unspecified atom stereocenters. The normalized spacial score (nSPS) is 36.5. The molecule has 0 amide bonds. The van der Waals surface area contributed by atoms with Gasteiger partial charge in [-0.2, -0.15) is 0 Å². The Balaban J connectivity index is 2.31. The van der Waals surface area contributed by atoms with Crippen molar-refractivity contribution in [3.63, 3.8) is 0 Å². The molecule has 10 heavy (non-hydrogen) atoms. The maximum Gasteiger partial charge on any atom is 0.320 e. The molecule has 2 N–H and O–H groups in total. The van der Waals surface area contributed by atoms with Crippen LogP contribution in [0, 0.1) is 5.92 Å². The Kier molecular flexibility index (Phi) is 0.990. The summed E-state index contributed by atoms with van der Waals surface area (Å²) in [6, 6.07) is 0. The lowest BCUT2D eigenvalue weighted by Crippen LogP contribution is -2.49.